The van der Waals surface area contributed by atoms with Gasteiger partial charge in [0.2, 0.25) is 0 Å². The van der Waals surface area contributed by atoms with Crippen LogP contribution in [0.25, 0.3) is 0 Å². The fourth-order valence-electron chi connectivity index (χ4n) is 0.675. The third-order valence-electron chi connectivity index (χ3n) is 1.20. The lowest BCUT2D eigenvalue weighted by molar-refractivity contribution is 0.169. The Morgan fingerprint density at radius 3 is 2.80 bits per heavy atom. The normalized spacial score (nSPS) is 9.80. The van der Waals surface area contributed by atoms with E-state index in [-0.39, 0.29) is 5.49 Å². The zero-order valence-electron chi connectivity index (χ0n) is 5.43. The number of rotatable bonds is 0. The van der Waals surface area contributed by atoms with Crippen LogP contribution >= 0.6 is 11.6 Å². The van der Waals surface area contributed by atoms with Gasteiger partial charge in [-0.1, -0.05) is 11.6 Å². The molecule has 0 atom stereocenters. The number of pyridine rings is 1. The van der Waals surface area contributed by atoms with Crippen LogP contribution in [-0.4, -0.2) is 9.94 Å². The highest BCUT2D eigenvalue weighted by Crippen LogP contribution is 2.04. The Morgan fingerprint density at radius 1 is 1.70 bits per heavy atom. The van der Waals surface area contributed by atoms with Crippen LogP contribution in [0.3, 0.4) is 0 Å². The zero-order valence-corrected chi connectivity index (χ0v) is 6.18. The Morgan fingerprint density at radius 2 is 2.30 bits per heavy atom. The first-order valence-corrected chi connectivity index (χ1v) is 3.11. The van der Waals surface area contributed by atoms with Crippen molar-refractivity contribution in [3.05, 3.63) is 28.3 Å². The SMILES string of the molecule is Cc1cc(Cl)cn(O)c1=N. The summed E-state index contributed by atoms with van der Waals surface area (Å²) < 4.78 is 0.692. The van der Waals surface area contributed by atoms with Crippen LogP contribution in [0.4, 0.5) is 0 Å². The van der Waals surface area contributed by atoms with Crippen LogP contribution in [0.2, 0.25) is 5.02 Å². The number of halogens is 1. The molecule has 0 aliphatic heterocycles. The van der Waals surface area contributed by atoms with Crippen LogP contribution in [0.1, 0.15) is 5.56 Å². The minimum atomic E-state index is 0.0596. The third kappa shape index (κ3) is 1.14. The molecule has 1 rings (SSSR count). The first-order valence-electron chi connectivity index (χ1n) is 2.74. The standard InChI is InChI=1S/C6H7ClN2O/c1-4-2-5(7)3-9(10)6(4)8/h2-3,8,10H,1H3. The van der Waals surface area contributed by atoms with E-state index in [0.29, 0.717) is 15.3 Å². The molecule has 0 unspecified atom stereocenters. The number of aromatic nitrogens is 1. The van der Waals surface area contributed by atoms with Crippen molar-refractivity contribution in [2.45, 2.75) is 6.92 Å². The molecule has 0 spiro atoms. The highest BCUT2D eigenvalue weighted by Gasteiger charge is 1.94. The van der Waals surface area contributed by atoms with Gasteiger partial charge in [-0.15, -0.1) is 0 Å². The van der Waals surface area contributed by atoms with Gasteiger partial charge in [-0.2, -0.15) is 4.73 Å². The average molecular weight is 159 g/mol. The molecule has 0 amide bonds. The van der Waals surface area contributed by atoms with Crippen LogP contribution in [0, 0.1) is 12.3 Å². The van der Waals surface area contributed by atoms with E-state index in [4.69, 9.17) is 22.2 Å². The summed E-state index contributed by atoms with van der Waals surface area (Å²) in [6, 6.07) is 1.62. The van der Waals surface area contributed by atoms with Gasteiger partial charge in [0, 0.05) is 0 Å². The van der Waals surface area contributed by atoms with E-state index in [1.54, 1.807) is 13.0 Å². The minimum Gasteiger partial charge on any atom is -0.427 e. The summed E-state index contributed by atoms with van der Waals surface area (Å²) >= 11 is 5.56. The molecule has 1 heterocycles. The zero-order chi connectivity index (χ0) is 7.72. The number of nitrogens with zero attached hydrogens (tertiary/aromatic N) is 1. The van der Waals surface area contributed by atoms with E-state index in [2.05, 4.69) is 0 Å². The minimum absolute atomic E-state index is 0.0596. The maximum absolute atomic E-state index is 8.93. The first kappa shape index (κ1) is 7.15. The highest BCUT2D eigenvalue weighted by atomic mass is 35.5. The van der Waals surface area contributed by atoms with Crippen molar-refractivity contribution >= 4 is 11.6 Å². The van der Waals surface area contributed by atoms with E-state index in [1.165, 1.54) is 6.20 Å². The summed E-state index contributed by atoms with van der Waals surface area (Å²) in [6.45, 7) is 1.71. The molecule has 0 saturated carbocycles. The second kappa shape index (κ2) is 2.34. The van der Waals surface area contributed by atoms with Crippen molar-refractivity contribution in [1.29, 1.82) is 5.41 Å². The van der Waals surface area contributed by atoms with E-state index in [0.717, 1.165) is 0 Å². The lowest BCUT2D eigenvalue weighted by Crippen LogP contribution is -2.19. The quantitative estimate of drug-likeness (QED) is 0.547. The van der Waals surface area contributed by atoms with Gasteiger partial charge in [0.1, 0.15) is 0 Å². The van der Waals surface area contributed by atoms with Gasteiger partial charge >= 0.3 is 0 Å². The first-order chi connectivity index (χ1) is 4.61. The van der Waals surface area contributed by atoms with Crippen molar-refractivity contribution in [1.82, 2.24) is 4.73 Å². The van der Waals surface area contributed by atoms with Gasteiger partial charge in [-0.25, -0.2) is 0 Å². The Kier molecular flexibility index (Phi) is 1.68. The smallest absolute Gasteiger partial charge is 0.163 e. The largest absolute Gasteiger partial charge is 0.427 e. The summed E-state index contributed by atoms with van der Waals surface area (Å²) in [5.41, 5.74) is 0.708. The Hall–Kier alpha value is -0.960. The average Bonchev–Trinajstić information content (AvgIpc) is 1.82. The molecule has 1 aromatic heterocycles. The number of hydrogen-bond donors (Lipinski definition) is 2. The van der Waals surface area contributed by atoms with Crippen molar-refractivity contribution in [2.75, 3.05) is 0 Å². The summed E-state index contributed by atoms with van der Waals surface area (Å²) in [5, 5.41) is 16.5. The molecule has 54 valence electrons. The summed E-state index contributed by atoms with van der Waals surface area (Å²) in [7, 11) is 0. The van der Waals surface area contributed by atoms with Gasteiger partial charge < -0.3 is 5.21 Å². The highest BCUT2D eigenvalue weighted by molar-refractivity contribution is 6.30. The number of hydrogen-bond acceptors (Lipinski definition) is 2. The molecule has 10 heavy (non-hydrogen) atoms. The lowest BCUT2D eigenvalue weighted by Gasteiger charge is -1.99. The van der Waals surface area contributed by atoms with Crippen molar-refractivity contribution < 1.29 is 5.21 Å². The van der Waals surface area contributed by atoms with E-state index in [1.807, 2.05) is 0 Å². The van der Waals surface area contributed by atoms with Gasteiger partial charge in [0.15, 0.2) is 5.49 Å². The van der Waals surface area contributed by atoms with Crippen molar-refractivity contribution in [3.8, 4) is 0 Å². The Bertz CT molecular complexity index is 279. The molecule has 2 N–H and O–H groups in total. The fourth-order valence-corrected chi connectivity index (χ4v) is 0.931. The molecular weight excluding hydrogens is 152 g/mol. The Labute approximate surface area is 63.0 Å². The van der Waals surface area contributed by atoms with Gasteiger partial charge in [0.05, 0.1) is 11.2 Å². The molecule has 1 aromatic rings. The molecule has 0 aromatic carbocycles. The van der Waals surface area contributed by atoms with Crippen LogP contribution in [0.15, 0.2) is 12.3 Å². The second-order valence-electron chi connectivity index (χ2n) is 2.03. The molecule has 0 radical (unpaired) electrons. The monoisotopic (exact) mass is 158 g/mol. The molecule has 0 saturated heterocycles. The molecule has 0 bridgehead atoms. The van der Waals surface area contributed by atoms with Gasteiger partial charge in [-0.05, 0) is 18.6 Å². The van der Waals surface area contributed by atoms with E-state index in [9.17, 15) is 0 Å². The molecule has 0 aliphatic rings. The molecule has 3 nitrogen and oxygen atoms in total. The summed E-state index contributed by atoms with van der Waals surface area (Å²) in [6.07, 6.45) is 1.27. The van der Waals surface area contributed by atoms with Gasteiger partial charge in [-0.3, -0.25) is 5.41 Å². The fraction of sp³-hybridized carbons (Fsp3) is 0.167. The predicted molar refractivity (Wildman–Crippen MR) is 37.2 cm³/mol. The van der Waals surface area contributed by atoms with Crippen LogP contribution in [-0.2, 0) is 0 Å². The molecule has 0 aliphatic carbocycles. The topological polar surface area (TPSA) is 49.0 Å². The molecular formula is C6H7ClN2O. The lowest BCUT2D eigenvalue weighted by atomic mass is 10.3. The van der Waals surface area contributed by atoms with Crippen molar-refractivity contribution in [2.24, 2.45) is 0 Å². The van der Waals surface area contributed by atoms with Crippen LogP contribution < -0.4 is 5.49 Å². The third-order valence-corrected chi connectivity index (χ3v) is 1.41. The van der Waals surface area contributed by atoms with Crippen LogP contribution in [0.5, 0.6) is 0 Å². The molecule has 4 heteroatoms. The van der Waals surface area contributed by atoms with Crippen molar-refractivity contribution in [3.63, 3.8) is 0 Å². The molecule has 0 fully saturated rings. The maximum Gasteiger partial charge on any atom is 0.163 e. The number of aryl methyl sites for hydroxylation is 1. The Balaban J connectivity index is 3.46. The van der Waals surface area contributed by atoms with E-state index < -0.39 is 0 Å². The maximum atomic E-state index is 8.93. The summed E-state index contributed by atoms with van der Waals surface area (Å²) in [5.74, 6) is 0. The van der Waals surface area contributed by atoms with Gasteiger partial charge in [0.25, 0.3) is 0 Å². The predicted octanol–water partition coefficient (Wildman–Crippen LogP) is 1.17. The number of nitrogens with one attached hydrogen (secondary N) is 1. The second-order valence-corrected chi connectivity index (χ2v) is 2.47. The van der Waals surface area contributed by atoms with E-state index >= 15 is 0 Å². The summed E-state index contributed by atoms with van der Waals surface area (Å²) in [4.78, 5) is 0.